The molecule has 0 saturated heterocycles. The normalized spacial score (nSPS) is 11.6. The average Bonchev–Trinajstić information content (AvgIpc) is 2.02. The van der Waals surface area contributed by atoms with Crippen LogP contribution in [0.5, 0.6) is 11.5 Å². The first-order valence-electron chi connectivity index (χ1n) is 3.54. The van der Waals surface area contributed by atoms with E-state index in [1.807, 2.05) is 0 Å². The Balaban J connectivity index is 3.02. The van der Waals surface area contributed by atoms with E-state index in [4.69, 9.17) is 27.5 Å². The molecule has 0 bridgehead atoms. The Kier molecular flexibility index (Phi) is 2.97. The molecule has 1 rings (SSSR count). The summed E-state index contributed by atoms with van der Waals surface area (Å²) in [5.74, 6) is 0.199. The second kappa shape index (κ2) is 4.00. The van der Waals surface area contributed by atoms with Crippen molar-refractivity contribution in [3.63, 3.8) is 0 Å². The lowest BCUT2D eigenvalue weighted by atomic mass is 10.3. The Morgan fingerprint density at radius 3 is 2.31 bits per heavy atom. The zero-order chi connectivity index (χ0) is 9.84. The quantitative estimate of drug-likeness (QED) is 0.383. The third kappa shape index (κ3) is 2.83. The van der Waals surface area contributed by atoms with Gasteiger partial charge in [0, 0.05) is 18.2 Å². The molecule has 5 heteroatoms. The van der Waals surface area contributed by atoms with Crippen LogP contribution in [0, 0.1) is 0 Å². The number of aromatic hydroxyl groups is 2. The Hall–Kier alpha value is -1.42. The molecular weight excluding hydrogens is 192 g/mol. The van der Waals surface area contributed by atoms with Crippen molar-refractivity contribution < 1.29 is 10.2 Å². The van der Waals surface area contributed by atoms with Gasteiger partial charge in [0.1, 0.15) is 17.3 Å². The van der Waals surface area contributed by atoms with E-state index in [1.165, 1.54) is 18.2 Å². The number of rotatable bonds is 2. The van der Waals surface area contributed by atoms with Crippen LogP contribution >= 0.6 is 11.6 Å². The molecule has 0 saturated carbocycles. The summed E-state index contributed by atoms with van der Waals surface area (Å²) in [6, 6.07) is 3.95. The highest BCUT2D eigenvalue weighted by molar-refractivity contribution is 6.28. The van der Waals surface area contributed by atoms with Gasteiger partial charge in [0.2, 0.25) is 0 Å². The first kappa shape index (κ1) is 9.67. The van der Waals surface area contributed by atoms with Crippen molar-refractivity contribution in [2.45, 2.75) is 0 Å². The molecule has 0 radical (unpaired) electrons. The molecular formula is C8H9ClN2O2. The van der Waals surface area contributed by atoms with Crippen LogP contribution in [0.1, 0.15) is 0 Å². The second-order valence-electron chi connectivity index (χ2n) is 2.44. The van der Waals surface area contributed by atoms with Crippen molar-refractivity contribution in [1.82, 2.24) is 0 Å². The monoisotopic (exact) mass is 200 g/mol. The zero-order valence-corrected chi connectivity index (χ0v) is 7.49. The largest absolute Gasteiger partial charge is 0.508 e. The predicted octanol–water partition coefficient (Wildman–Crippen LogP) is 1.33. The summed E-state index contributed by atoms with van der Waals surface area (Å²) in [4.78, 5) is 3.84. The fraction of sp³-hybridized carbons (Fsp3) is 0.125. The number of phenols is 2. The number of amidine groups is 1. The number of nitrogens with two attached hydrogens (primary N) is 1. The fourth-order valence-electron chi connectivity index (χ4n) is 0.840. The zero-order valence-electron chi connectivity index (χ0n) is 6.74. The molecule has 13 heavy (non-hydrogen) atoms. The van der Waals surface area contributed by atoms with Crippen LogP contribution in [0.15, 0.2) is 23.2 Å². The highest BCUT2D eigenvalue weighted by Crippen LogP contribution is 2.25. The highest BCUT2D eigenvalue weighted by atomic mass is 35.5. The molecule has 0 unspecified atom stereocenters. The van der Waals surface area contributed by atoms with E-state index in [2.05, 4.69) is 4.99 Å². The van der Waals surface area contributed by atoms with Crippen molar-refractivity contribution >= 4 is 23.1 Å². The van der Waals surface area contributed by atoms with Gasteiger partial charge in [-0.25, -0.2) is 4.99 Å². The molecule has 70 valence electrons. The number of hydrogen-bond acceptors (Lipinski definition) is 3. The van der Waals surface area contributed by atoms with Crippen LogP contribution in [0.4, 0.5) is 5.69 Å². The smallest absolute Gasteiger partial charge is 0.121 e. The van der Waals surface area contributed by atoms with E-state index in [1.54, 1.807) is 0 Å². The van der Waals surface area contributed by atoms with Crippen LogP contribution < -0.4 is 5.73 Å². The number of hydrogen-bond donors (Lipinski definition) is 3. The number of phenolic OH excluding ortho intramolecular Hbond substituents is 2. The Morgan fingerprint density at radius 2 is 1.85 bits per heavy atom. The fourth-order valence-corrected chi connectivity index (χ4v) is 0.900. The first-order chi connectivity index (χ1) is 6.11. The van der Waals surface area contributed by atoms with Crippen LogP contribution in [0.2, 0.25) is 0 Å². The average molecular weight is 201 g/mol. The summed E-state index contributed by atoms with van der Waals surface area (Å²) in [5, 5.41) is 18.2. The van der Waals surface area contributed by atoms with Crippen molar-refractivity contribution in [3.8, 4) is 11.5 Å². The summed E-state index contributed by atoms with van der Waals surface area (Å²) < 4.78 is 0. The van der Waals surface area contributed by atoms with Gasteiger partial charge in [0.15, 0.2) is 0 Å². The molecule has 0 aliphatic heterocycles. The van der Waals surface area contributed by atoms with E-state index in [0.29, 0.717) is 5.69 Å². The SMILES string of the molecule is NC(CCl)=Nc1cc(O)cc(O)c1. The van der Waals surface area contributed by atoms with Gasteiger partial charge in [-0.2, -0.15) is 0 Å². The summed E-state index contributed by atoms with van der Waals surface area (Å²) in [5.41, 5.74) is 5.73. The molecule has 0 spiro atoms. The Labute approximate surface area is 80.3 Å². The molecule has 0 aromatic heterocycles. The number of alkyl halides is 1. The van der Waals surface area contributed by atoms with Crippen LogP contribution in [-0.2, 0) is 0 Å². The van der Waals surface area contributed by atoms with Gasteiger partial charge in [-0.1, -0.05) is 0 Å². The summed E-state index contributed by atoms with van der Waals surface area (Å²) in [7, 11) is 0. The second-order valence-corrected chi connectivity index (χ2v) is 2.71. The maximum Gasteiger partial charge on any atom is 0.121 e. The molecule has 0 heterocycles. The Bertz CT molecular complexity index is 319. The van der Waals surface area contributed by atoms with Gasteiger partial charge >= 0.3 is 0 Å². The minimum absolute atomic E-state index is 0.0684. The first-order valence-corrected chi connectivity index (χ1v) is 4.07. The van der Waals surface area contributed by atoms with Gasteiger partial charge in [-0.3, -0.25) is 0 Å². The molecule has 0 aliphatic rings. The number of benzene rings is 1. The predicted molar refractivity (Wildman–Crippen MR) is 51.8 cm³/mol. The van der Waals surface area contributed by atoms with E-state index in [-0.39, 0.29) is 23.2 Å². The minimum Gasteiger partial charge on any atom is -0.508 e. The van der Waals surface area contributed by atoms with E-state index >= 15 is 0 Å². The van der Waals surface area contributed by atoms with Crippen molar-refractivity contribution in [2.75, 3.05) is 5.88 Å². The summed E-state index contributed by atoms with van der Waals surface area (Å²) in [6.45, 7) is 0. The van der Waals surface area contributed by atoms with Crippen LogP contribution in [0.25, 0.3) is 0 Å². The van der Waals surface area contributed by atoms with Gasteiger partial charge in [-0.15, -0.1) is 11.6 Å². The molecule has 0 fully saturated rings. The number of nitrogens with zero attached hydrogens (tertiary/aromatic N) is 1. The number of aliphatic imine (C=N–C) groups is 1. The van der Waals surface area contributed by atoms with E-state index < -0.39 is 0 Å². The van der Waals surface area contributed by atoms with Gasteiger partial charge in [-0.05, 0) is 0 Å². The summed E-state index contributed by atoms with van der Waals surface area (Å²) in [6.07, 6.45) is 0. The molecule has 4 nitrogen and oxygen atoms in total. The highest BCUT2D eigenvalue weighted by Gasteiger charge is 1.98. The molecule has 4 N–H and O–H groups in total. The van der Waals surface area contributed by atoms with Crippen LogP contribution in [-0.4, -0.2) is 21.9 Å². The lowest BCUT2D eigenvalue weighted by molar-refractivity contribution is 0.451. The van der Waals surface area contributed by atoms with Gasteiger partial charge in [0.25, 0.3) is 0 Å². The third-order valence-electron chi connectivity index (χ3n) is 1.30. The summed E-state index contributed by atoms with van der Waals surface area (Å²) >= 11 is 5.40. The standard InChI is InChI=1S/C8H9ClN2O2/c9-4-8(10)11-5-1-6(12)3-7(13)2-5/h1-3,12-13H,4H2,(H2,10,11). The van der Waals surface area contributed by atoms with Crippen molar-refractivity contribution in [1.29, 1.82) is 0 Å². The van der Waals surface area contributed by atoms with E-state index in [9.17, 15) is 0 Å². The van der Waals surface area contributed by atoms with Crippen LogP contribution in [0.3, 0.4) is 0 Å². The van der Waals surface area contributed by atoms with Crippen molar-refractivity contribution in [3.05, 3.63) is 18.2 Å². The van der Waals surface area contributed by atoms with Crippen molar-refractivity contribution in [2.24, 2.45) is 10.7 Å². The minimum atomic E-state index is -0.0684. The topological polar surface area (TPSA) is 78.8 Å². The Morgan fingerprint density at radius 1 is 1.31 bits per heavy atom. The lowest BCUT2D eigenvalue weighted by Crippen LogP contribution is -2.12. The molecule has 0 atom stereocenters. The maximum atomic E-state index is 9.08. The van der Waals surface area contributed by atoms with Gasteiger partial charge < -0.3 is 15.9 Å². The third-order valence-corrected chi connectivity index (χ3v) is 1.57. The maximum absolute atomic E-state index is 9.08. The lowest BCUT2D eigenvalue weighted by Gasteiger charge is -1.99. The van der Waals surface area contributed by atoms with Gasteiger partial charge in [0.05, 0.1) is 11.6 Å². The number of halogens is 1. The molecule has 1 aromatic carbocycles. The molecule has 0 aliphatic carbocycles. The molecule has 1 aromatic rings. The van der Waals surface area contributed by atoms with E-state index in [0.717, 1.165) is 0 Å². The molecule has 0 amide bonds.